The Morgan fingerprint density at radius 1 is 1.08 bits per heavy atom. The van der Waals surface area contributed by atoms with Crippen LogP contribution in [0.2, 0.25) is 0 Å². The van der Waals surface area contributed by atoms with Gasteiger partial charge in [0.25, 0.3) is 0 Å². The van der Waals surface area contributed by atoms with Crippen molar-refractivity contribution in [2.24, 2.45) is 0 Å². The lowest BCUT2D eigenvalue weighted by atomic mass is 10.1. The van der Waals surface area contributed by atoms with Crippen LogP contribution in [0.5, 0.6) is 0 Å². The zero-order valence-electron chi connectivity index (χ0n) is 15.7. The van der Waals surface area contributed by atoms with Gasteiger partial charge in [-0.3, -0.25) is 0 Å². The Labute approximate surface area is 151 Å². The summed E-state index contributed by atoms with van der Waals surface area (Å²) in [6.45, 7) is 9.86. The summed E-state index contributed by atoms with van der Waals surface area (Å²) in [5.41, 5.74) is -1.17. The third kappa shape index (κ3) is 6.69. The number of aliphatic hydroxyl groups excluding tert-OH is 2. The van der Waals surface area contributed by atoms with Crippen molar-refractivity contribution in [2.75, 3.05) is 6.61 Å². The minimum Gasteiger partial charge on any atom is -0.505 e. The van der Waals surface area contributed by atoms with E-state index in [1.807, 2.05) is 0 Å². The predicted octanol–water partition coefficient (Wildman–Crippen LogP) is 1.66. The van der Waals surface area contributed by atoms with Gasteiger partial charge in [0.1, 0.15) is 6.61 Å². The van der Waals surface area contributed by atoms with Gasteiger partial charge >= 0.3 is 18.2 Å². The van der Waals surface area contributed by atoms with Gasteiger partial charge in [0, 0.05) is 11.1 Å². The number of carbonyl (C=O) groups is 3. The van der Waals surface area contributed by atoms with E-state index in [9.17, 15) is 24.6 Å². The van der Waals surface area contributed by atoms with Crippen LogP contribution in [-0.4, -0.2) is 58.3 Å². The fourth-order valence-corrected chi connectivity index (χ4v) is 1.87. The van der Waals surface area contributed by atoms with Crippen molar-refractivity contribution in [1.82, 2.24) is 10.6 Å². The Balaban J connectivity index is 2.84. The Bertz CT molecular complexity index is 600. The number of hydrogen-bond donors (Lipinski definition) is 4. The highest BCUT2D eigenvalue weighted by atomic mass is 16.6. The molecule has 2 unspecified atom stereocenters. The van der Waals surface area contributed by atoms with E-state index >= 15 is 0 Å². The predicted molar refractivity (Wildman–Crippen MR) is 89.6 cm³/mol. The number of carbonyl (C=O) groups excluding carboxylic acids is 3. The average molecular weight is 374 g/mol. The van der Waals surface area contributed by atoms with Crippen molar-refractivity contribution in [3.05, 3.63) is 11.5 Å². The maximum atomic E-state index is 12.0. The third-order valence-electron chi connectivity index (χ3n) is 2.87. The number of ether oxygens (including phenoxy) is 3. The molecule has 148 valence electrons. The summed E-state index contributed by atoms with van der Waals surface area (Å²) in [5, 5.41) is 24.3. The number of nitrogens with one attached hydrogen (secondary N) is 2. The largest absolute Gasteiger partial charge is 0.505 e. The molecule has 1 aliphatic heterocycles. The van der Waals surface area contributed by atoms with Crippen LogP contribution >= 0.6 is 0 Å². The van der Waals surface area contributed by atoms with Crippen LogP contribution in [-0.2, 0) is 19.0 Å². The molecule has 26 heavy (non-hydrogen) atoms. The van der Waals surface area contributed by atoms with Crippen LogP contribution in [0.1, 0.15) is 41.5 Å². The van der Waals surface area contributed by atoms with Gasteiger partial charge in [-0.25, -0.2) is 14.4 Å². The second-order valence-corrected chi connectivity index (χ2v) is 7.85. The van der Waals surface area contributed by atoms with E-state index in [-0.39, 0.29) is 0 Å². The number of aliphatic hydroxyl groups is 2. The topological polar surface area (TPSA) is 143 Å². The molecular formula is C16H26N2O8. The van der Waals surface area contributed by atoms with E-state index in [1.165, 1.54) is 0 Å². The van der Waals surface area contributed by atoms with E-state index in [4.69, 9.17) is 14.2 Å². The molecule has 2 amide bonds. The second kappa shape index (κ2) is 7.71. The molecule has 0 saturated heterocycles. The lowest BCUT2D eigenvalue weighted by Crippen LogP contribution is -2.47. The molecule has 0 fully saturated rings. The van der Waals surface area contributed by atoms with Crippen molar-refractivity contribution in [1.29, 1.82) is 0 Å². The summed E-state index contributed by atoms with van der Waals surface area (Å²) in [5.74, 6) is -2.96. The smallest absolute Gasteiger partial charge is 0.408 e. The lowest BCUT2D eigenvalue weighted by Gasteiger charge is -2.26. The first kappa shape index (κ1) is 21.4. The first-order valence-electron chi connectivity index (χ1n) is 7.96. The molecule has 10 nitrogen and oxygen atoms in total. The van der Waals surface area contributed by atoms with Crippen LogP contribution < -0.4 is 10.6 Å². The molecule has 0 spiro atoms. The summed E-state index contributed by atoms with van der Waals surface area (Å²) in [6.07, 6.45) is -4.52. The number of hydrogen-bond acceptors (Lipinski definition) is 8. The third-order valence-corrected chi connectivity index (χ3v) is 2.87. The van der Waals surface area contributed by atoms with E-state index in [0.717, 1.165) is 0 Å². The number of rotatable bonds is 4. The van der Waals surface area contributed by atoms with Gasteiger partial charge < -0.3 is 35.1 Å². The van der Waals surface area contributed by atoms with Gasteiger partial charge in [-0.1, -0.05) is 0 Å². The molecule has 0 radical (unpaired) electrons. The summed E-state index contributed by atoms with van der Waals surface area (Å²) in [4.78, 5) is 35.1. The molecule has 0 aromatic carbocycles. The Morgan fingerprint density at radius 2 is 1.58 bits per heavy atom. The van der Waals surface area contributed by atoms with E-state index < -0.39 is 59.6 Å². The quantitative estimate of drug-likeness (QED) is 0.430. The maximum Gasteiger partial charge on any atom is 0.408 e. The number of cyclic esters (lactones) is 1. The minimum atomic E-state index is -1.49. The summed E-state index contributed by atoms with van der Waals surface area (Å²) < 4.78 is 14.9. The van der Waals surface area contributed by atoms with Crippen molar-refractivity contribution in [2.45, 2.75) is 64.8 Å². The summed E-state index contributed by atoms with van der Waals surface area (Å²) in [7, 11) is 0. The van der Waals surface area contributed by atoms with Crippen molar-refractivity contribution >= 4 is 18.2 Å². The van der Waals surface area contributed by atoms with Gasteiger partial charge in [0.2, 0.25) is 11.9 Å². The standard InChI is InChI=1S/C16H26N2O8/c1-15(2,3)17-13(22)24-7-8(25-14(23)18-16(4,5)6)11-9(19)10(20)12(21)26-11/h8,11,19-20H,7H2,1-6H3,(H,17,22)(H,18,23). The molecule has 1 rings (SSSR count). The van der Waals surface area contributed by atoms with Crippen LogP contribution in [0.3, 0.4) is 0 Å². The molecular weight excluding hydrogens is 348 g/mol. The first-order chi connectivity index (χ1) is 11.7. The van der Waals surface area contributed by atoms with Gasteiger partial charge in [-0.15, -0.1) is 0 Å². The number of esters is 1. The van der Waals surface area contributed by atoms with E-state index in [2.05, 4.69) is 10.6 Å². The Hall–Kier alpha value is -2.65. The van der Waals surface area contributed by atoms with Crippen LogP contribution in [0, 0.1) is 0 Å². The SMILES string of the molecule is CC(C)(C)NC(=O)OCC(OC(=O)NC(C)(C)C)C1OC(=O)C(O)=C1O. The highest BCUT2D eigenvalue weighted by Gasteiger charge is 2.43. The minimum absolute atomic E-state index is 0.519. The van der Waals surface area contributed by atoms with Crippen molar-refractivity contribution in [3.8, 4) is 0 Å². The van der Waals surface area contributed by atoms with Gasteiger partial charge in [-0.2, -0.15) is 0 Å². The number of amides is 2. The fourth-order valence-electron chi connectivity index (χ4n) is 1.87. The fraction of sp³-hybridized carbons (Fsp3) is 0.688. The van der Waals surface area contributed by atoms with E-state index in [1.54, 1.807) is 41.5 Å². The zero-order valence-corrected chi connectivity index (χ0v) is 15.7. The molecule has 0 bridgehead atoms. The van der Waals surface area contributed by atoms with E-state index in [0.29, 0.717) is 0 Å². The maximum absolute atomic E-state index is 12.0. The molecule has 0 aromatic heterocycles. The molecule has 4 N–H and O–H groups in total. The van der Waals surface area contributed by atoms with Crippen LogP contribution in [0.4, 0.5) is 9.59 Å². The summed E-state index contributed by atoms with van der Waals surface area (Å²) in [6, 6.07) is 0. The first-order valence-corrected chi connectivity index (χ1v) is 7.96. The van der Waals surface area contributed by atoms with Crippen molar-refractivity contribution in [3.63, 3.8) is 0 Å². The lowest BCUT2D eigenvalue weighted by molar-refractivity contribution is -0.148. The molecule has 2 atom stereocenters. The second-order valence-electron chi connectivity index (χ2n) is 7.85. The molecule has 0 aromatic rings. The van der Waals surface area contributed by atoms with Gasteiger partial charge in [0.15, 0.2) is 11.9 Å². The normalized spacial score (nSPS) is 18.8. The highest BCUT2D eigenvalue weighted by Crippen LogP contribution is 2.23. The molecule has 0 aliphatic carbocycles. The average Bonchev–Trinajstić information content (AvgIpc) is 2.67. The molecule has 0 saturated carbocycles. The van der Waals surface area contributed by atoms with Gasteiger partial charge in [-0.05, 0) is 41.5 Å². The van der Waals surface area contributed by atoms with Crippen molar-refractivity contribution < 1.29 is 38.8 Å². The molecule has 1 aliphatic rings. The molecule has 1 heterocycles. The van der Waals surface area contributed by atoms with Crippen LogP contribution in [0.25, 0.3) is 0 Å². The molecule has 10 heteroatoms. The Kier molecular flexibility index (Phi) is 6.34. The van der Waals surface area contributed by atoms with Gasteiger partial charge in [0.05, 0.1) is 0 Å². The zero-order chi connectivity index (χ0) is 20.3. The summed E-state index contributed by atoms with van der Waals surface area (Å²) >= 11 is 0. The highest BCUT2D eigenvalue weighted by molar-refractivity contribution is 5.89. The Morgan fingerprint density at radius 3 is 2.00 bits per heavy atom. The number of alkyl carbamates (subject to hydrolysis) is 2. The monoisotopic (exact) mass is 374 g/mol. The van der Waals surface area contributed by atoms with Crippen LogP contribution in [0.15, 0.2) is 11.5 Å².